The minimum Gasteiger partial charge on any atom is -0.354 e. The van der Waals surface area contributed by atoms with Crippen molar-refractivity contribution >= 4 is 27.6 Å². The van der Waals surface area contributed by atoms with Crippen LogP contribution in [0, 0.1) is 0 Å². The van der Waals surface area contributed by atoms with E-state index in [1.807, 2.05) is 47.4 Å². The van der Waals surface area contributed by atoms with Gasteiger partial charge < -0.3 is 4.90 Å². The van der Waals surface area contributed by atoms with Crippen molar-refractivity contribution in [1.82, 2.24) is 24.5 Å². The molecule has 2 aromatic heterocycles. The van der Waals surface area contributed by atoms with Gasteiger partial charge in [0.05, 0.1) is 0 Å². The molecule has 1 atom stereocenters. The third kappa shape index (κ3) is 3.73. The summed E-state index contributed by atoms with van der Waals surface area (Å²) in [4.78, 5) is 2.05. The second kappa shape index (κ2) is 6.85. The Balaban J connectivity index is 1.41. The smallest absolute Gasteiger partial charge is 0.234 e. The Morgan fingerprint density at radius 3 is 2.85 bits per heavy atom. The number of anilines is 1. The van der Waals surface area contributed by atoms with Crippen molar-refractivity contribution in [3.8, 4) is 0 Å². The van der Waals surface area contributed by atoms with E-state index in [1.165, 1.54) is 5.41 Å². The number of hydrogen-bond donors (Lipinski definition) is 1. The van der Waals surface area contributed by atoms with Crippen LogP contribution < -0.4 is 9.62 Å². The van der Waals surface area contributed by atoms with Gasteiger partial charge in [-0.25, -0.2) is 13.1 Å². The van der Waals surface area contributed by atoms with Crippen LogP contribution in [0.5, 0.6) is 0 Å². The molecule has 3 heterocycles. The van der Waals surface area contributed by atoms with E-state index in [2.05, 4.69) is 20.0 Å². The lowest BCUT2D eigenvalue weighted by Crippen LogP contribution is -2.36. The van der Waals surface area contributed by atoms with Crippen LogP contribution in [0.1, 0.15) is 12.0 Å². The summed E-state index contributed by atoms with van der Waals surface area (Å²) in [6, 6.07) is 12.9. The average Bonchev–Trinajstić information content (AvgIpc) is 3.29. The minimum absolute atomic E-state index is 0.154. The fourth-order valence-corrected chi connectivity index (χ4v) is 4.03. The van der Waals surface area contributed by atoms with Crippen LogP contribution in [0.25, 0.3) is 11.7 Å². The number of nitrogens with one attached hydrogen (secondary N) is 1. The van der Waals surface area contributed by atoms with Crippen LogP contribution in [-0.4, -0.2) is 47.4 Å². The van der Waals surface area contributed by atoms with Gasteiger partial charge in [0.2, 0.25) is 10.0 Å². The second-order valence-corrected chi connectivity index (χ2v) is 7.73. The van der Waals surface area contributed by atoms with Crippen LogP contribution in [0.15, 0.2) is 54.2 Å². The lowest BCUT2D eigenvalue weighted by Gasteiger charge is -2.17. The maximum Gasteiger partial charge on any atom is 0.234 e. The highest BCUT2D eigenvalue weighted by atomic mass is 32.2. The predicted octanol–water partition coefficient (Wildman–Crippen LogP) is 1.29. The van der Waals surface area contributed by atoms with Crippen molar-refractivity contribution in [2.45, 2.75) is 12.5 Å². The molecule has 1 aliphatic rings. The average molecular weight is 370 g/mol. The standard InChI is InChI=1S/C17H18N6O2S/c24-26(25,11-9-14-4-2-1-3-5-14)21-15-8-10-22(12-15)17-7-6-16-19-18-13-23(16)20-17/h1-7,9,11,13,15,21H,8,10,12H2. The third-order valence-electron chi connectivity index (χ3n) is 4.23. The molecule has 0 spiro atoms. The van der Waals surface area contributed by atoms with E-state index >= 15 is 0 Å². The van der Waals surface area contributed by atoms with Crippen LogP contribution >= 0.6 is 0 Å². The Kier molecular flexibility index (Phi) is 4.39. The lowest BCUT2D eigenvalue weighted by atomic mass is 10.2. The molecule has 0 bridgehead atoms. The highest BCUT2D eigenvalue weighted by Crippen LogP contribution is 2.19. The molecule has 1 N–H and O–H groups in total. The zero-order valence-corrected chi connectivity index (χ0v) is 14.7. The molecule has 4 rings (SSSR count). The molecule has 3 aromatic rings. The molecule has 1 unspecified atom stereocenters. The molecule has 134 valence electrons. The molecular weight excluding hydrogens is 352 g/mol. The highest BCUT2D eigenvalue weighted by Gasteiger charge is 2.26. The first kappa shape index (κ1) is 16.7. The van der Waals surface area contributed by atoms with E-state index in [4.69, 9.17) is 0 Å². The predicted molar refractivity (Wildman–Crippen MR) is 98.9 cm³/mol. The fraction of sp³-hybridized carbons (Fsp3) is 0.235. The summed E-state index contributed by atoms with van der Waals surface area (Å²) < 4.78 is 28.9. The maximum absolute atomic E-state index is 12.3. The molecule has 9 heteroatoms. The van der Waals surface area contributed by atoms with E-state index in [0.29, 0.717) is 12.2 Å². The summed E-state index contributed by atoms with van der Waals surface area (Å²) in [5.41, 5.74) is 1.52. The molecule has 0 amide bonds. The summed E-state index contributed by atoms with van der Waals surface area (Å²) in [5.74, 6) is 0.777. The summed E-state index contributed by atoms with van der Waals surface area (Å²) in [6.45, 7) is 1.30. The van der Waals surface area contributed by atoms with Gasteiger partial charge in [0.25, 0.3) is 0 Å². The van der Waals surface area contributed by atoms with E-state index in [1.54, 1.807) is 16.9 Å². The number of nitrogens with zero attached hydrogens (tertiary/aromatic N) is 5. The lowest BCUT2D eigenvalue weighted by molar-refractivity contribution is 0.570. The van der Waals surface area contributed by atoms with Gasteiger partial charge in [0.1, 0.15) is 12.1 Å². The molecule has 0 radical (unpaired) electrons. The largest absolute Gasteiger partial charge is 0.354 e. The molecule has 8 nitrogen and oxygen atoms in total. The van der Waals surface area contributed by atoms with Crippen LogP contribution in [0.4, 0.5) is 5.82 Å². The Hall–Kier alpha value is -2.78. The summed E-state index contributed by atoms with van der Waals surface area (Å²) >= 11 is 0. The van der Waals surface area contributed by atoms with E-state index in [0.717, 1.165) is 24.3 Å². The minimum atomic E-state index is -3.50. The zero-order chi connectivity index (χ0) is 18.0. The Bertz CT molecular complexity index is 1030. The van der Waals surface area contributed by atoms with Crippen LogP contribution in [0.2, 0.25) is 0 Å². The van der Waals surface area contributed by atoms with Crippen LogP contribution in [0.3, 0.4) is 0 Å². The molecule has 1 saturated heterocycles. The Labute approximate surface area is 151 Å². The van der Waals surface area contributed by atoms with Crippen molar-refractivity contribution in [1.29, 1.82) is 0 Å². The number of benzene rings is 1. The first-order valence-corrected chi connectivity index (χ1v) is 9.81. The number of hydrogen-bond acceptors (Lipinski definition) is 6. The first-order chi connectivity index (χ1) is 12.6. The second-order valence-electron chi connectivity index (χ2n) is 6.13. The number of aromatic nitrogens is 4. The molecule has 0 aliphatic carbocycles. The summed E-state index contributed by atoms with van der Waals surface area (Å²) in [7, 11) is -3.50. The van der Waals surface area contributed by atoms with E-state index in [-0.39, 0.29) is 6.04 Å². The number of sulfonamides is 1. The molecule has 26 heavy (non-hydrogen) atoms. The molecule has 1 aromatic carbocycles. The normalized spacial score (nSPS) is 18.2. The zero-order valence-electron chi connectivity index (χ0n) is 13.9. The summed E-state index contributed by atoms with van der Waals surface area (Å²) in [6.07, 6.45) is 3.86. The van der Waals surface area contributed by atoms with Gasteiger partial charge in [-0.15, -0.1) is 15.3 Å². The maximum atomic E-state index is 12.3. The van der Waals surface area contributed by atoms with Gasteiger partial charge in [-0.05, 0) is 30.2 Å². The fourth-order valence-electron chi connectivity index (χ4n) is 2.96. The molecule has 1 fully saturated rings. The van der Waals surface area contributed by atoms with Crippen molar-refractivity contribution in [3.05, 3.63) is 59.8 Å². The molecule has 0 saturated carbocycles. The summed E-state index contributed by atoms with van der Waals surface area (Å²) in [5, 5.41) is 13.4. The van der Waals surface area contributed by atoms with Crippen LogP contribution in [-0.2, 0) is 10.0 Å². The van der Waals surface area contributed by atoms with Gasteiger partial charge in [-0.2, -0.15) is 4.52 Å². The first-order valence-electron chi connectivity index (χ1n) is 8.26. The number of fused-ring (bicyclic) bond motifs is 1. The monoisotopic (exact) mass is 370 g/mol. The SMILES string of the molecule is O=S(=O)(C=Cc1ccccc1)NC1CCN(c2ccc3nncn3n2)C1. The van der Waals surface area contributed by atoms with Crippen molar-refractivity contribution < 1.29 is 8.42 Å². The van der Waals surface area contributed by atoms with Crippen molar-refractivity contribution in [3.63, 3.8) is 0 Å². The Morgan fingerprint density at radius 2 is 2.00 bits per heavy atom. The van der Waals surface area contributed by atoms with Gasteiger partial charge in [0.15, 0.2) is 5.65 Å². The van der Waals surface area contributed by atoms with Gasteiger partial charge in [0, 0.05) is 24.5 Å². The molecule has 1 aliphatic heterocycles. The quantitative estimate of drug-likeness (QED) is 0.728. The number of rotatable bonds is 5. The molecular formula is C17H18N6O2S. The van der Waals surface area contributed by atoms with Gasteiger partial charge in [-0.1, -0.05) is 30.3 Å². The van der Waals surface area contributed by atoms with E-state index in [9.17, 15) is 8.42 Å². The van der Waals surface area contributed by atoms with Gasteiger partial charge in [-0.3, -0.25) is 0 Å². The van der Waals surface area contributed by atoms with Gasteiger partial charge >= 0.3 is 0 Å². The highest BCUT2D eigenvalue weighted by molar-refractivity contribution is 7.92. The van der Waals surface area contributed by atoms with Crippen molar-refractivity contribution in [2.75, 3.05) is 18.0 Å². The topological polar surface area (TPSA) is 92.5 Å². The van der Waals surface area contributed by atoms with Crippen molar-refractivity contribution in [2.24, 2.45) is 0 Å². The Morgan fingerprint density at radius 1 is 1.15 bits per heavy atom. The third-order valence-corrected chi connectivity index (χ3v) is 5.39. The van der Waals surface area contributed by atoms with E-state index < -0.39 is 10.0 Å².